The van der Waals surface area contributed by atoms with Crippen LogP contribution in [0.5, 0.6) is 5.75 Å². The van der Waals surface area contributed by atoms with E-state index in [-0.39, 0.29) is 4.59 Å². The molecule has 3 N–H and O–H groups in total. The van der Waals surface area contributed by atoms with Crippen LogP contribution in [-0.4, -0.2) is 29.2 Å². The molecule has 6 heteroatoms. The number of rotatable bonds is 8. The van der Waals surface area contributed by atoms with Crippen molar-refractivity contribution in [2.45, 2.75) is 52.2 Å². The first-order chi connectivity index (χ1) is 17.0. The van der Waals surface area contributed by atoms with Crippen molar-refractivity contribution in [3.8, 4) is 5.75 Å². The first-order valence-corrected chi connectivity index (χ1v) is 12.8. The SMILES string of the molecule is CC(C)NCC1CCC(C2=C3C=NC=C[N+]3(N)C(c3cccc(OCc4ccccc4)c3)=N2)CC1. The molecular weight excluding hydrogens is 434 g/mol. The Labute approximate surface area is 208 Å². The largest absolute Gasteiger partial charge is 0.489 e. The third-order valence-corrected chi connectivity index (χ3v) is 7.21. The summed E-state index contributed by atoms with van der Waals surface area (Å²) >= 11 is 0. The van der Waals surface area contributed by atoms with E-state index in [9.17, 15) is 0 Å². The standard InChI is InChI=1S/C29H36N5O/c1-21(2)32-18-22-11-13-24(14-12-22)28-27-19-31-15-16-34(27,30)29(33-28)25-9-6-10-26(17-25)35-20-23-7-4-3-5-8-23/h3-10,15-17,19,21-22,24,32H,11-14,18,20,30H2,1-2H3/q+1. The van der Waals surface area contributed by atoms with Crippen LogP contribution in [-0.2, 0) is 6.61 Å². The predicted molar refractivity (Wildman–Crippen MR) is 141 cm³/mol. The van der Waals surface area contributed by atoms with E-state index in [1.165, 1.54) is 12.8 Å². The molecule has 1 unspecified atom stereocenters. The fourth-order valence-corrected chi connectivity index (χ4v) is 5.21. The van der Waals surface area contributed by atoms with Gasteiger partial charge in [-0.25, -0.2) is 0 Å². The summed E-state index contributed by atoms with van der Waals surface area (Å²) in [5.41, 5.74) is 4.20. The lowest BCUT2D eigenvalue weighted by Crippen LogP contribution is -2.53. The minimum Gasteiger partial charge on any atom is -0.489 e. The number of nitrogens with zero attached hydrogens (tertiary/aromatic N) is 3. The maximum Gasteiger partial charge on any atom is 0.265 e. The van der Waals surface area contributed by atoms with Crippen LogP contribution < -0.4 is 15.9 Å². The molecule has 1 aliphatic carbocycles. The molecule has 35 heavy (non-hydrogen) atoms. The zero-order valence-electron chi connectivity index (χ0n) is 20.7. The summed E-state index contributed by atoms with van der Waals surface area (Å²) in [5.74, 6) is 9.76. The molecule has 0 saturated heterocycles. The minimum absolute atomic E-state index is 0.0653. The van der Waals surface area contributed by atoms with Crippen LogP contribution in [0.4, 0.5) is 0 Å². The van der Waals surface area contributed by atoms with E-state index in [0.29, 0.717) is 18.6 Å². The van der Waals surface area contributed by atoms with Crippen LogP contribution in [0.2, 0.25) is 0 Å². The van der Waals surface area contributed by atoms with Crippen molar-refractivity contribution in [2.75, 3.05) is 6.54 Å². The highest BCUT2D eigenvalue weighted by atomic mass is 16.5. The van der Waals surface area contributed by atoms with Crippen LogP contribution in [0, 0.1) is 11.8 Å². The highest BCUT2D eigenvalue weighted by molar-refractivity contribution is 6.00. The van der Waals surface area contributed by atoms with Gasteiger partial charge in [-0.05, 0) is 61.9 Å². The molecule has 1 saturated carbocycles. The van der Waals surface area contributed by atoms with Crippen molar-refractivity contribution in [3.63, 3.8) is 0 Å². The summed E-state index contributed by atoms with van der Waals surface area (Å²) in [5, 5.41) is 3.60. The van der Waals surface area contributed by atoms with E-state index in [4.69, 9.17) is 15.6 Å². The molecule has 6 nitrogen and oxygen atoms in total. The van der Waals surface area contributed by atoms with Crippen molar-refractivity contribution in [3.05, 3.63) is 89.5 Å². The lowest BCUT2D eigenvalue weighted by molar-refractivity contribution is -0.750. The topological polar surface area (TPSA) is 72.0 Å². The van der Waals surface area contributed by atoms with E-state index in [2.05, 4.69) is 42.4 Å². The van der Waals surface area contributed by atoms with Gasteiger partial charge in [0.15, 0.2) is 0 Å². The Morgan fingerprint density at radius 3 is 2.63 bits per heavy atom. The zero-order chi connectivity index (χ0) is 24.3. The molecule has 182 valence electrons. The minimum atomic E-state index is 0.0653. The number of nitrogens with one attached hydrogen (secondary N) is 1. The van der Waals surface area contributed by atoms with E-state index >= 15 is 0 Å². The average molecular weight is 471 g/mol. The van der Waals surface area contributed by atoms with Gasteiger partial charge in [-0.3, -0.25) is 4.99 Å². The third-order valence-electron chi connectivity index (χ3n) is 7.21. The number of ether oxygens (including phenoxy) is 1. The summed E-state index contributed by atoms with van der Waals surface area (Å²) in [6, 6.07) is 18.8. The van der Waals surface area contributed by atoms with Crippen molar-refractivity contribution in [1.29, 1.82) is 0 Å². The van der Waals surface area contributed by atoms with Crippen molar-refractivity contribution in [1.82, 2.24) is 5.32 Å². The average Bonchev–Trinajstić information content (AvgIpc) is 3.20. The van der Waals surface area contributed by atoms with Gasteiger partial charge in [-0.15, -0.1) is 4.59 Å². The number of nitrogens with two attached hydrogens (primary N) is 1. The lowest BCUT2D eigenvalue weighted by atomic mass is 9.80. The zero-order valence-corrected chi connectivity index (χ0v) is 20.7. The quantitative estimate of drug-likeness (QED) is 0.407. The fourth-order valence-electron chi connectivity index (χ4n) is 5.21. The molecular formula is C29H36N5O+. The molecule has 5 rings (SSSR count). The van der Waals surface area contributed by atoms with Gasteiger partial charge in [0.25, 0.3) is 5.84 Å². The van der Waals surface area contributed by atoms with Gasteiger partial charge in [0.05, 0.1) is 18.0 Å². The maximum atomic E-state index is 6.98. The Kier molecular flexibility index (Phi) is 6.95. The number of aliphatic imine (C=N–C) groups is 2. The Morgan fingerprint density at radius 1 is 1.06 bits per heavy atom. The van der Waals surface area contributed by atoms with E-state index in [0.717, 1.165) is 59.4 Å². The van der Waals surface area contributed by atoms with Crippen LogP contribution in [0.1, 0.15) is 50.7 Å². The molecule has 0 amide bonds. The van der Waals surface area contributed by atoms with Crippen LogP contribution in [0.25, 0.3) is 0 Å². The molecule has 2 aromatic rings. The molecule has 0 radical (unpaired) electrons. The predicted octanol–water partition coefficient (Wildman–Crippen LogP) is 5.29. The Bertz CT molecular complexity index is 1160. The Morgan fingerprint density at radius 2 is 1.86 bits per heavy atom. The summed E-state index contributed by atoms with van der Waals surface area (Å²) in [4.78, 5) is 9.60. The van der Waals surface area contributed by atoms with Crippen molar-refractivity contribution >= 4 is 12.1 Å². The monoisotopic (exact) mass is 470 g/mol. The number of amidine groups is 1. The first kappa shape index (κ1) is 23.7. The van der Waals surface area contributed by atoms with E-state index in [1.54, 1.807) is 6.20 Å². The molecule has 2 aliphatic heterocycles. The Balaban J connectivity index is 1.35. The molecule has 1 atom stereocenters. The van der Waals surface area contributed by atoms with E-state index < -0.39 is 0 Å². The van der Waals surface area contributed by atoms with Gasteiger partial charge in [-0.1, -0.05) is 50.2 Å². The molecule has 3 aliphatic rings. The van der Waals surface area contributed by atoms with Crippen LogP contribution in [0.3, 0.4) is 0 Å². The molecule has 2 aromatic carbocycles. The molecule has 1 fully saturated rings. The highest BCUT2D eigenvalue weighted by Crippen LogP contribution is 2.41. The fraction of sp³-hybridized carbons (Fsp3) is 0.379. The lowest BCUT2D eigenvalue weighted by Gasteiger charge is -2.30. The smallest absolute Gasteiger partial charge is 0.265 e. The molecule has 2 heterocycles. The number of benzene rings is 2. The molecule has 0 aromatic heterocycles. The van der Waals surface area contributed by atoms with Gasteiger partial charge >= 0.3 is 0 Å². The summed E-state index contributed by atoms with van der Waals surface area (Å²) < 4.78 is 6.15. The normalized spacial score (nSPS) is 25.7. The second-order valence-corrected chi connectivity index (χ2v) is 10.1. The second kappa shape index (κ2) is 10.3. The number of hydrogen-bond acceptors (Lipinski definition) is 5. The number of hydrogen-bond donors (Lipinski definition) is 2. The summed E-state index contributed by atoms with van der Waals surface area (Å²) in [6.07, 6.45) is 10.3. The molecule has 0 bridgehead atoms. The summed E-state index contributed by atoms with van der Waals surface area (Å²) in [7, 11) is 0. The maximum absolute atomic E-state index is 6.98. The number of allylic oxidation sites excluding steroid dienone is 2. The number of quaternary nitrogens is 1. The van der Waals surface area contributed by atoms with Crippen LogP contribution in [0.15, 0.2) is 88.4 Å². The van der Waals surface area contributed by atoms with Gasteiger partial charge in [0, 0.05) is 12.0 Å². The number of fused-ring (bicyclic) bond motifs is 1. The highest BCUT2D eigenvalue weighted by Gasteiger charge is 2.46. The van der Waals surface area contributed by atoms with Crippen molar-refractivity contribution < 1.29 is 9.33 Å². The van der Waals surface area contributed by atoms with E-state index in [1.807, 2.05) is 48.8 Å². The van der Waals surface area contributed by atoms with Gasteiger partial charge in [0.2, 0.25) is 5.70 Å². The van der Waals surface area contributed by atoms with Gasteiger partial charge in [0.1, 0.15) is 24.3 Å². The van der Waals surface area contributed by atoms with Gasteiger partial charge < -0.3 is 10.1 Å². The summed E-state index contributed by atoms with van der Waals surface area (Å²) in [6.45, 7) is 6.05. The van der Waals surface area contributed by atoms with Crippen molar-refractivity contribution in [2.24, 2.45) is 27.7 Å². The van der Waals surface area contributed by atoms with Crippen LogP contribution >= 0.6 is 0 Å². The van der Waals surface area contributed by atoms with Gasteiger partial charge in [-0.2, -0.15) is 10.8 Å². The Hall–Kier alpha value is -3.06. The second-order valence-electron chi connectivity index (χ2n) is 10.1. The molecule has 0 spiro atoms. The third kappa shape index (κ3) is 5.15. The first-order valence-electron chi connectivity index (χ1n) is 12.8.